The third-order valence-corrected chi connectivity index (χ3v) is 4.25. The van der Waals surface area contributed by atoms with Gasteiger partial charge in [-0.1, -0.05) is 30.3 Å². The molecule has 0 spiro atoms. The van der Waals surface area contributed by atoms with Crippen molar-refractivity contribution >= 4 is 5.91 Å². The Kier molecular flexibility index (Phi) is 2.86. The Hall–Kier alpha value is -1.35. The molecule has 3 rings (SSSR count). The van der Waals surface area contributed by atoms with Crippen molar-refractivity contribution in [2.24, 2.45) is 5.92 Å². The van der Waals surface area contributed by atoms with Crippen molar-refractivity contribution in [2.45, 2.75) is 31.3 Å². The van der Waals surface area contributed by atoms with Crippen molar-refractivity contribution < 1.29 is 9.90 Å². The van der Waals surface area contributed by atoms with E-state index in [1.807, 2.05) is 35.2 Å². The molecule has 96 valence electrons. The summed E-state index contributed by atoms with van der Waals surface area (Å²) in [5.74, 6) is 0.265. The second-order valence-electron chi connectivity index (χ2n) is 5.54. The highest BCUT2D eigenvalue weighted by Crippen LogP contribution is 2.46. The maximum atomic E-state index is 12.2. The molecule has 1 N–H and O–H groups in total. The number of benzene rings is 1. The van der Waals surface area contributed by atoms with Gasteiger partial charge in [-0.05, 0) is 31.2 Å². The van der Waals surface area contributed by atoms with Crippen LogP contribution in [0.1, 0.15) is 31.2 Å². The monoisotopic (exact) mass is 245 g/mol. The van der Waals surface area contributed by atoms with E-state index in [2.05, 4.69) is 0 Å². The maximum Gasteiger partial charge on any atom is 0.225 e. The molecule has 0 radical (unpaired) electrons. The van der Waals surface area contributed by atoms with Crippen LogP contribution in [-0.2, 0) is 10.4 Å². The number of likely N-dealkylation sites (tertiary alicyclic amines) is 1. The molecular formula is C15H19NO2. The normalized spacial score (nSPS) is 31.2. The highest BCUT2D eigenvalue weighted by Gasteiger charge is 2.48. The van der Waals surface area contributed by atoms with Gasteiger partial charge in [-0.25, -0.2) is 0 Å². The van der Waals surface area contributed by atoms with Gasteiger partial charge in [0.25, 0.3) is 0 Å². The van der Waals surface area contributed by atoms with Gasteiger partial charge in [-0.3, -0.25) is 4.79 Å². The molecule has 1 aliphatic heterocycles. The van der Waals surface area contributed by atoms with Crippen molar-refractivity contribution in [1.82, 2.24) is 4.90 Å². The van der Waals surface area contributed by atoms with E-state index in [0.29, 0.717) is 12.8 Å². The molecule has 1 saturated heterocycles. The molecule has 1 amide bonds. The predicted molar refractivity (Wildman–Crippen MR) is 68.9 cm³/mol. The number of amides is 1. The van der Waals surface area contributed by atoms with E-state index >= 15 is 0 Å². The molecule has 1 aromatic carbocycles. The van der Waals surface area contributed by atoms with E-state index in [0.717, 1.165) is 31.5 Å². The molecule has 0 aromatic heterocycles. The fourth-order valence-electron chi connectivity index (χ4n) is 3.11. The zero-order valence-electron chi connectivity index (χ0n) is 10.5. The first-order valence-corrected chi connectivity index (χ1v) is 6.76. The molecule has 2 aliphatic rings. The maximum absolute atomic E-state index is 12.2. The summed E-state index contributed by atoms with van der Waals surface area (Å²) in [5.41, 5.74) is 0.164. The first-order valence-electron chi connectivity index (χ1n) is 6.76. The quantitative estimate of drug-likeness (QED) is 0.864. The molecule has 0 bridgehead atoms. The Balaban J connectivity index is 1.64. The SMILES string of the molecule is O=C(C1CC(O)(c2ccccc2)C1)N1CCCC1. The largest absolute Gasteiger partial charge is 0.385 e. The highest BCUT2D eigenvalue weighted by molar-refractivity contribution is 5.80. The summed E-state index contributed by atoms with van der Waals surface area (Å²) in [5, 5.41) is 10.5. The molecule has 1 aromatic rings. The van der Waals surface area contributed by atoms with Crippen molar-refractivity contribution in [1.29, 1.82) is 0 Å². The van der Waals surface area contributed by atoms with Crippen LogP contribution >= 0.6 is 0 Å². The lowest BCUT2D eigenvalue weighted by molar-refractivity contribution is -0.152. The molecule has 0 atom stereocenters. The van der Waals surface area contributed by atoms with E-state index in [4.69, 9.17) is 0 Å². The van der Waals surface area contributed by atoms with Crippen LogP contribution in [0.3, 0.4) is 0 Å². The van der Waals surface area contributed by atoms with Crippen LogP contribution in [-0.4, -0.2) is 29.0 Å². The molecule has 2 fully saturated rings. The van der Waals surface area contributed by atoms with Gasteiger partial charge < -0.3 is 10.0 Å². The van der Waals surface area contributed by atoms with Crippen LogP contribution in [0.5, 0.6) is 0 Å². The number of rotatable bonds is 2. The Morgan fingerprint density at radius 3 is 2.39 bits per heavy atom. The molecule has 1 aliphatic carbocycles. The molecular weight excluding hydrogens is 226 g/mol. The third-order valence-electron chi connectivity index (χ3n) is 4.25. The molecule has 1 heterocycles. The van der Waals surface area contributed by atoms with Crippen molar-refractivity contribution in [3.63, 3.8) is 0 Å². The van der Waals surface area contributed by atoms with Crippen LogP contribution in [0.4, 0.5) is 0 Å². The minimum Gasteiger partial charge on any atom is -0.385 e. The lowest BCUT2D eigenvalue weighted by Gasteiger charge is -2.44. The summed E-state index contributed by atoms with van der Waals surface area (Å²) in [6.45, 7) is 1.80. The third kappa shape index (κ3) is 1.93. The number of aliphatic hydroxyl groups is 1. The van der Waals surface area contributed by atoms with E-state index in [1.165, 1.54) is 0 Å². The Morgan fingerprint density at radius 1 is 1.17 bits per heavy atom. The first-order chi connectivity index (χ1) is 8.69. The van der Waals surface area contributed by atoms with Gasteiger partial charge in [0.1, 0.15) is 0 Å². The molecule has 0 unspecified atom stereocenters. The summed E-state index contributed by atoms with van der Waals surface area (Å²) in [6.07, 6.45) is 3.40. The fraction of sp³-hybridized carbons (Fsp3) is 0.533. The van der Waals surface area contributed by atoms with Crippen molar-refractivity contribution in [3.8, 4) is 0 Å². The second kappa shape index (κ2) is 4.39. The van der Waals surface area contributed by atoms with Crippen LogP contribution in [0.15, 0.2) is 30.3 Å². The Labute approximate surface area is 107 Å². The Morgan fingerprint density at radius 2 is 1.78 bits per heavy atom. The van der Waals surface area contributed by atoms with Crippen LogP contribution in [0.25, 0.3) is 0 Å². The Bertz CT molecular complexity index is 431. The summed E-state index contributed by atoms with van der Waals surface area (Å²) in [6, 6.07) is 9.69. The number of nitrogens with zero attached hydrogens (tertiary/aromatic N) is 1. The molecule has 18 heavy (non-hydrogen) atoms. The number of hydrogen-bond donors (Lipinski definition) is 1. The predicted octanol–water partition coefficient (Wildman–Crippen LogP) is 1.91. The van der Waals surface area contributed by atoms with Gasteiger partial charge in [0.2, 0.25) is 5.91 Å². The molecule has 3 heteroatoms. The summed E-state index contributed by atoms with van der Waals surface area (Å²) >= 11 is 0. The van der Waals surface area contributed by atoms with Crippen LogP contribution in [0.2, 0.25) is 0 Å². The fourth-order valence-corrected chi connectivity index (χ4v) is 3.11. The average Bonchev–Trinajstić information content (AvgIpc) is 2.89. The lowest BCUT2D eigenvalue weighted by Crippen LogP contribution is -2.48. The first kappa shape index (κ1) is 11.7. The van der Waals surface area contributed by atoms with Gasteiger partial charge in [0, 0.05) is 19.0 Å². The van der Waals surface area contributed by atoms with E-state index < -0.39 is 5.60 Å². The van der Waals surface area contributed by atoms with Crippen LogP contribution in [0, 0.1) is 5.92 Å². The van der Waals surface area contributed by atoms with Crippen molar-refractivity contribution in [3.05, 3.63) is 35.9 Å². The second-order valence-corrected chi connectivity index (χ2v) is 5.54. The van der Waals surface area contributed by atoms with Gasteiger partial charge >= 0.3 is 0 Å². The van der Waals surface area contributed by atoms with E-state index in [1.54, 1.807) is 0 Å². The number of carbonyl (C=O) groups excluding carboxylic acids is 1. The summed E-state index contributed by atoms with van der Waals surface area (Å²) < 4.78 is 0. The van der Waals surface area contributed by atoms with Crippen molar-refractivity contribution in [2.75, 3.05) is 13.1 Å². The van der Waals surface area contributed by atoms with Gasteiger partial charge in [-0.2, -0.15) is 0 Å². The highest BCUT2D eigenvalue weighted by atomic mass is 16.3. The van der Waals surface area contributed by atoms with Gasteiger partial charge in [-0.15, -0.1) is 0 Å². The van der Waals surface area contributed by atoms with E-state index in [9.17, 15) is 9.90 Å². The summed E-state index contributed by atoms with van der Waals surface area (Å²) in [4.78, 5) is 14.1. The zero-order chi connectivity index (χ0) is 12.6. The average molecular weight is 245 g/mol. The minimum absolute atomic E-state index is 0.0216. The standard InChI is InChI=1S/C15H19NO2/c17-14(16-8-4-5-9-16)12-10-15(18,11-12)13-6-2-1-3-7-13/h1-3,6-7,12,18H,4-5,8-11H2. The summed E-state index contributed by atoms with van der Waals surface area (Å²) in [7, 11) is 0. The van der Waals surface area contributed by atoms with E-state index in [-0.39, 0.29) is 11.8 Å². The number of carbonyl (C=O) groups is 1. The molecule has 1 saturated carbocycles. The zero-order valence-corrected chi connectivity index (χ0v) is 10.5. The van der Waals surface area contributed by atoms with Gasteiger partial charge in [0.05, 0.1) is 5.60 Å². The lowest BCUT2D eigenvalue weighted by atomic mass is 9.67. The smallest absolute Gasteiger partial charge is 0.225 e. The van der Waals surface area contributed by atoms with Crippen LogP contribution < -0.4 is 0 Å². The topological polar surface area (TPSA) is 40.5 Å². The molecule has 3 nitrogen and oxygen atoms in total. The van der Waals surface area contributed by atoms with Gasteiger partial charge in [0.15, 0.2) is 0 Å². The number of hydrogen-bond acceptors (Lipinski definition) is 2. The minimum atomic E-state index is -0.776.